The number of methoxy groups -OCH3 is 2. The van der Waals surface area contributed by atoms with Crippen LogP contribution >= 0.6 is 11.8 Å². The standard InChI is InChI=1S/C19H25N3O4S/c1-7-8-15(25-6)17(14(4)24-5)22-18(16-11-12(2)13(3)26-16)20-21-19(22)27-10-9-23/h8-9,11H,7,10H2,1-6H3/b15-8+,17-14-. The highest BCUT2D eigenvalue weighted by Gasteiger charge is 2.25. The SMILES string of the molecule is CC/C=C(OC)\C(=C(/C)OC)n1c(SCC=O)nnc1-c1cc(C)c(C)o1. The molecular formula is C19H25N3O4S. The van der Waals surface area contributed by atoms with Gasteiger partial charge in [-0.2, -0.15) is 0 Å². The van der Waals surface area contributed by atoms with Crippen LogP contribution in [0.25, 0.3) is 17.3 Å². The van der Waals surface area contributed by atoms with Crippen molar-refractivity contribution in [2.24, 2.45) is 0 Å². The molecule has 0 atom stereocenters. The lowest BCUT2D eigenvalue weighted by atomic mass is 10.2. The van der Waals surface area contributed by atoms with E-state index in [0.29, 0.717) is 34.0 Å². The van der Waals surface area contributed by atoms with Gasteiger partial charge in [0.1, 0.15) is 29.3 Å². The quantitative estimate of drug-likeness (QED) is 0.274. The molecule has 2 aromatic heterocycles. The molecule has 2 rings (SSSR count). The third-order valence-electron chi connectivity index (χ3n) is 4.01. The molecule has 0 radical (unpaired) electrons. The lowest BCUT2D eigenvalue weighted by molar-refractivity contribution is -0.105. The Morgan fingerprint density at radius 2 is 2.04 bits per heavy atom. The number of hydrogen-bond acceptors (Lipinski definition) is 7. The molecule has 0 aliphatic carbocycles. The van der Waals surface area contributed by atoms with Crippen LogP contribution in [0, 0.1) is 13.8 Å². The third kappa shape index (κ3) is 4.44. The molecule has 0 saturated carbocycles. The van der Waals surface area contributed by atoms with E-state index >= 15 is 0 Å². The number of aldehydes is 1. The van der Waals surface area contributed by atoms with Crippen LogP contribution in [0.5, 0.6) is 0 Å². The van der Waals surface area contributed by atoms with Crippen LogP contribution in [0.15, 0.2) is 33.2 Å². The molecular weight excluding hydrogens is 366 g/mol. The van der Waals surface area contributed by atoms with Gasteiger partial charge in [0, 0.05) is 0 Å². The van der Waals surface area contributed by atoms with Gasteiger partial charge in [-0.25, -0.2) is 0 Å². The number of ether oxygens (including phenoxy) is 2. The lowest BCUT2D eigenvalue weighted by Crippen LogP contribution is -2.09. The summed E-state index contributed by atoms with van der Waals surface area (Å²) in [5.74, 6) is 3.44. The summed E-state index contributed by atoms with van der Waals surface area (Å²) in [6, 6.07) is 1.92. The Hall–Kier alpha value is -2.48. The normalized spacial score (nSPS) is 12.7. The molecule has 2 aromatic rings. The predicted molar refractivity (Wildman–Crippen MR) is 105 cm³/mol. The topological polar surface area (TPSA) is 79.4 Å². The van der Waals surface area contributed by atoms with Crippen molar-refractivity contribution in [3.05, 3.63) is 35.0 Å². The Balaban J connectivity index is 2.77. The third-order valence-corrected chi connectivity index (χ3v) is 4.83. The van der Waals surface area contributed by atoms with Crippen molar-refractivity contribution >= 4 is 23.7 Å². The zero-order valence-electron chi connectivity index (χ0n) is 16.5. The number of aryl methyl sites for hydroxylation is 2. The second kappa shape index (κ2) is 9.45. The van der Waals surface area contributed by atoms with Gasteiger partial charge < -0.3 is 18.7 Å². The smallest absolute Gasteiger partial charge is 0.205 e. The van der Waals surface area contributed by atoms with Crippen molar-refractivity contribution in [2.45, 2.75) is 39.3 Å². The summed E-state index contributed by atoms with van der Waals surface area (Å²) < 4.78 is 18.8. The number of thioether (sulfide) groups is 1. The van der Waals surface area contributed by atoms with Crippen LogP contribution in [0.4, 0.5) is 0 Å². The van der Waals surface area contributed by atoms with Crippen LogP contribution in [0.3, 0.4) is 0 Å². The maximum absolute atomic E-state index is 10.9. The first-order valence-corrected chi connectivity index (χ1v) is 9.55. The molecule has 8 heteroatoms. The summed E-state index contributed by atoms with van der Waals surface area (Å²) in [5.41, 5.74) is 1.69. The van der Waals surface area contributed by atoms with Crippen molar-refractivity contribution in [1.29, 1.82) is 0 Å². The predicted octanol–water partition coefficient (Wildman–Crippen LogP) is 4.22. The van der Waals surface area contributed by atoms with Crippen molar-refractivity contribution in [1.82, 2.24) is 14.8 Å². The highest BCUT2D eigenvalue weighted by atomic mass is 32.2. The number of carbonyl (C=O) groups excluding carboxylic acids is 1. The van der Waals surface area contributed by atoms with E-state index in [1.165, 1.54) is 11.8 Å². The van der Waals surface area contributed by atoms with Gasteiger partial charge >= 0.3 is 0 Å². The summed E-state index contributed by atoms with van der Waals surface area (Å²) in [5, 5.41) is 9.14. The van der Waals surface area contributed by atoms with E-state index in [9.17, 15) is 4.79 Å². The van der Waals surface area contributed by atoms with Crippen LogP contribution in [-0.2, 0) is 14.3 Å². The van der Waals surface area contributed by atoms with E-state index in [1.807, 2.05) is 44.4 Å². The second-order valence-corrected chi connectivity index (χ2v) is 6.75. The fourth-order valence-corrected chi connectivity index (χ4v) is 3.14. The van der Waals surface area contributed by atoms with E-state index < -0.39 is 0 Å². The molecule has 0 bridgehead atoms. The maximum Gasteiger partial charge on any atom is 0.205 e. The van der Waals surface area contributed by atoms with Crippen LogP contribution in [0.2, 0.25) is 0 Å². The number of nitrogens with zero attached hydrogens (tertiary/aromatic N) is 3. The molecule has 0 unspecified atom stereocenters. The van der Waals surface area contributed by atoms with Gasteiger partial charge in [-0.1, -0.05) is 18.7 Å². The minimum Gasteiger partial charge on any atom is -0.499 e. The number of rotatable bonds is 9. The minimum atomic E-state index is 0.257. The first-order chi connectivity index (χ1) is 13.0. The maximum atomic E-state index is 10.9. The number of furan rings is 1. The van der Waals surface area contributed by atoms with Gasteiger partial charge in [0.25, 0.3) is 0 Å². The molecule has 27 heavy (non-hydrogen) atoms. The number of aromatic nitrogens is 3. The number of allylic oxidation sites excluding steroid dienone is 3. The van der Waals surface area contributed by atoms with Crippen molar-refractivity contribution in [2.75, 3.05) is 20.0 Å². The van der Waals surface area contributed by atoms with Crippen LogP contribution in [-0.4, -0.2) is 41.0 Å². The summed E-state index contributed by atoms with van der Waals surface area (Å²) >= 11 is 1.28. The van der Waals surface area contributed by atoms with E-state index in [4.69, 9.17) is 13.9 Å². The Labute approximate surface area is 163 Å². The first kappa shape index (κ1) is 20.8. The van der Waals surface area contributed by atoms with Gasteiger partial charge in [-0.15, -0.1) is 10.2 Å². The van der Waals surface area contributed by atoms with E-state index in [2.05, 4.69) is 10.2 Å². The summed E-state index contributed by atoms with van der Waals surface area (Å²) in [4.78, 5) is 10.9. The van der Waals surface area contributed by atoms with Gasteiger partial charge in [0.15, 0.2) is 10.9 Å². The summed E-state index contributed by atoms with van der Waals surface area (Å²) in [7, 11) is 3.20. The second-order valence-electron chi connectivity index (χ2n) is 5.76. The number of hydrogen-bond donors (Lipinski definition) is 0. The van der Waals surface area contributed by atoms with Crippen molar-refractivity contribution < 1.29 is 18.7 Å². The van der Waals surface area contributed by atoms with E-state index in [0.717, 1.165) is 24.0 Å². The molecule has 146 valence electrons. The molecule has 0 aliphatic rings. The molecule has 0 N–H and O–H groups in total. The highest BCUT2D eigenvalue weighted by molar-refractivity contribution is 7.99. The fourth-order valence-electron chi connectivity index (χ4n) is 2.52. The molecule has 0 aromatic carbocycles. The largest absolute Gasteiger partial charge is 0.499 e. The average Bonchev–Trinajstić information content (AvgIpc) is 3.22. The Morgan fingerprint density at radius 1 is 1.30 bits per heavy atom. The zero-order valence-corrected chi connectivity index (χ0v) is 17.3. The molecule has 0 aliphatic heterocycles. The van der Waals surface area contributed by atoms with Gasteiger partial charge in [0.2, 0.25) is 5.82 Å². The van der Waals surface area contributed by atoms with E-state index in [1.54, 1.807) is 14.2 Å². The highest BCUT2D eigenvalue weighted by Crippen LogP contribution is 2.34. The minimum absolute atomic E-state index is 0.257. The molecule has 0 amide bonds. The molecule has 2 heterocycles. The molecule has 0 saturated heterocycles. The molecule has 7 nitrogen and oxygen atoms in total. The van der Waals surface area contributed by atoms with Crippen molar-refractivity contribution in [3.8, 4) is 11.6 Å². The summed E-state index contributed by atoms with van der Waals surface area (Å²) in [6.07, 6.45) is 3.56. The monoisotopic (exact) mass is 391 g/mol. The molecule has 0 fully saturated rings. The van der Waals surface area contributed by atoms with Crippen molar-refractivity contribution in [3.63, 3.8) is 0 Å². The molecule has 0 spiro atoms. The van der Waals surface area contributed by atoms with Gasteiger partial charge in [0.05, 0.1) is 20.0 Å². The van der Waals surface area contributed by atoms with E-state index in [-0.39, 0.29) is 5.75 Å². The number of carbonyl (C=O) groups is 1. The van der Waals surface area contributed by atoms with Gasteiger partial charge in [-0.05, 0) is 44.9 Å². The van der Waals surface area contributed by atoms with Crippen LogP contribution in [0.1, 0.15) is 31.6 Å². The zero-order chi connectivity index (χ0) is 20.0. The van der Waals surface area contributed by atoms with Crippen LogP contribution < -0.4 is 0 Å². The fraction of sp³-hybridized carbons (Fsp3) is 0.421. The van der Waals surface area contributed by atoms with Gasteiger partial charge in [-0.3, -0.25) is 4.57 Å². The average molecular weight is 391 g/mol. The first-order valence-electron chi connectivity index (χ1n) is 8.57. The Morgan fingerprint density at radius 3 is 2.56 bits per heavy atom. The summed E-state index contributed by atoms with van der Waals surface area (Å²) in [6.45, 7) is 7.73. The Bertz CT molecular complexity index is 845. The lowest BCUT2D eigenvalue weighted by Gasteiger charge is -2.18. The Kier molecular flexibility index (Phi) is 7.29.